The fraction of sp³-hybridized carbons (Fsp3) is 0.125. The van der Waals surface area contributed by atoms with Crippen LogP contribution in [0, 0.1) is 3.57 Å². The Morgan fingerprint density at radius 2 is 2.27 bits per heavy atom. The lowest BCUT2D eigenvalue weighted by atomic mass is 10.1. The number of nitrogens with two attached hydrogens (primary N) is 1. The molecular weight excluding hydrogens is 253 g/mol. The van der Waals surface area contributed by atoms with Crippen molar-refractivity contribution in [3.8, 4) is 0 Å². The topological polar surface area (TPSA) is 43.1 Å². The Hall–Kier alpha value is -0.420. The molecular formula is C8H8INO. The van der Waals surface area contributed by atoms with Gasteiger partial charge in [-0.15, -0.1) is 0 Å². The number of aldehydes is 1. The van der Waals surface area contributed by atoms with E-state index in [1.165, 1.54) is 0 Å². The van der Waals surface area contributed by atoms with Crippen molar-refractivity contribution in [3.05, 3.63) is 33.4 Å². The number of carbonyl (C=O) groups is 1. The maximum atomic E-state index is 10.3. The Morgan fingerprint density at radius 1 is 1.55 bits per heavy atom. The highest BCUT2D eigenvalue weighted by Gasteiger charge is 2.02. The molecule has 0 amide bonds. The van der Waals surface area contributed by atoms with Crippen LogP contribution in [0.5, 0.6) is 0 Å². The molecule has 0 aliphatic heterocycles. The number of benzene rings is 1. The number of rotatable bonds is 2. The van der Waals surface area contributed by atoms with Crippen LogP contribution in [0.1, 0.15) is 11.6 Å². The van der Waals surface area contributed by atoms with Crippen molar-refractivity contribution >= 4 is 28.9 Å². The van der Waals surface area contributed by atoms with Gasteiger partial charge in [0.2, 0.25) is 0 Å². The predicted octanol–water partition coefficient (Wildman–Crippen LogP) is 1.49. The van der Waals surface area contributed by atoms with Gasteiger partial charge < -0.3 is 10.5 Å². The summed E-state index contributed by atoms with van der Waals surface area (Å²) in [7, 11) is 0. The van der Waals surface area contributed by atoms with Crippen LogP contribution in [0.15, 0.2) is 24.3 Å². The van der Waals surface area contributed by atoms with Crippen molar-refractivity contribution in [2.45, 2.75) is 6.04 Å². The van der Waals surface area contributed by atoms with Crippen LogP contribution < -0.4 is 5.73 Å². The zero-order valence-corrected chi connectivity index (χ0v) is 7.99. The lowest BCUT2D eigenvalue weighted by Gasteiger charge is -2.02. The second kappa shape index (κ2) is 3.82. The molecule has 11 heavy (non-hydrogen) atoms. The van der Waals surface area contributed by atoms with Crippen molar-refractivity contribution in [1.29, 1.82) is 0 Å². The van der Waals surface area contributed by atoms with Crippen LogP contribution in [0.2, 0.25) is 0 Å². The summed E-state index contributed by atoms with van der Waals surface area (Å²) in [6, 6.07) is 7.12. The van der Waals surface area contributed by atoms with Gasteiger partial charge in [0, 0.05) is 3.57 Å². The first-order valence-corrected chi connectivity index (χ1v) is 4.28. The first kappa shape index (κ1) is 8.67. The molecule has 2 N–H and O–H groups in total. The van der Waals surface area contributed by atoms with E-state index in [0.717, 1.165) is 15.4 Å². The van der Waals surface area contributed by atoms with Gasteiger partial charge in [0.05, 0.1) is 6.04 Å². The van der Waals surface area contributed by atoms with E-state index in [4.69, 9.17) is 5.73 Å². The third-order valence-corrected chi connectivity index (χ3v) is 2.05. The van der Waals surface area contributed by atoms with Gasteiger partial charge in [0.15, 0.2) is 0 Å². The molecule has 0 heterocycles. The molecule has 1 aromatic carbocycles. The summed E-state index contributed by atoms with van der Waals surface area (Å²) in [5.74, 6) is 0. The van der Waals surface area contributed by atoms with Gasteiger partial charge in [0.1, 0.15) is 6.29 Å². The smallest absolute Gasteiger partial charge is 0.141 e. The first-order chi connectivity index (χ1) is 5.24. The second-order valence-electron chi connectivity index (χ2n) is 2.22. The molecule has 0 saturated carbocycles. The molecule has 1 rings (SSSR count). The Morgan fingerprint density at radius 3 is 2.82 bits per heavy atom. The van der Waals surface area contributed by atoms with Gasteiger partial charge in [0.25, 0.3) is 0 Å². The quantitative estimate of drug-likeness (QED) is 0.647. The Kier molecular flexibility index (Phi) is 3.02. The highest BCUT2D eigenvalue weighted by Crippen LogP contribution is 2.11. The molecule has 0 spiro atoms. The summed E-state index contributed by atoms with van der Waals surface area (Å²) in [6.07, 6.45) is 0.741. The van der Waals surface area contributed by atoms with Crippen molar-refractivity contribution in [2.75, 3.05) is 0 Å². The molecule has 0 aliphatic rings. The van der Waals surface area contributed by atoms with Crippen molar-refractivity contribution in [3.63, 3.8) is 0 Å². The summed E-state index contributed by atoms with van der Waals surface area (Å²) in [5, 5.41) is 0. The summed E-state index contributed by atoms with van der Waals surface area (Å²) in [5.41, 5.74) is 6.36. The normalized spacial score (nSPS) is 12.5. The van der Waals surface area contributed by atoms with E-state index < -0.39 is 6.04 Å². The fourth-order valence-electron chi connectivity index (χ4n) is 0.792. The van der Waals surface area contributed by atoms with E-state index in [9.17, 15) is 4.79 Å². The number of hydrogen-bond donors (Lipinski definition) is 1. The van der Waals surface area contributed by atoms with Crippen LogP contribution in [0.3, 0.4) is 0 Å². The zero-order chi connectivity index (χ0) is 8.27. The molecule has 0 bridgehead atoms. The molecule has 0 fully saturated rings. The van der Waals surface area contributed by atoms with E-state index >= 15 is 0 Å². The van der Waals surface area contributed by atoms with E-state index in [-0.39, 0.29) is 0 Å². The highest BCUT2D eigenvalue weighted by molar-refractivity contribution is 14.1. The molecule has 2 nitrogen and oxygen atoms in total. The lowest BCUT2D eigenvalue weighted by molar-refractivity contribution is -0.109. The van der Waals surface area contributed by atoms with Gasteiger partial charge in [-0.3, -0.25) is 0 Å². The molecule has 0 radical (unpaired) electrons. The van der Waals surface area contributed by atoms with Gasteiger partial charge >= 0.3 is 0 Å². The maximum absolute atomic E-state index is 10.3. The first-order valence-electron chi connectivity index (χ1n) is 3.20. The average Bonchev–Trinajstić information content (AvgIpc) is 2.03. The molecule has 0 saturated heterocycles. The van der Waals surface area contributed by atoms with Crippen LogP contribution in [0.25, 0.3) is 0 Å². The average molecular weight is 261 g/mol. The molecule has 0 aliphatic carbocycles. The third-order valence-electron chi connectivity index (χ3n) is 1.38. The predicted molar refractivity (Wildman–Crippen MR) is 52.2 cm³/mol. The van der Waals surface area contributed by atoms with E-state index in [1.54, 1.807) is 0 Å². The van der Waals surface area contributed by atoms with Gasteiger partial charge in [-0.1, -0.05) is 12.1 Å². The Labute approximate surface area is 78.9 Å². The minimum absolute atomic E-state index is 0.482. The molecule has 58 valence electrons. The monoisotopic (exact) mass is 261 g/mol. The summed E-state index contributed by atoms with van der Waals surface area (Å²) in [6.45, 7) is 0. The SMILES string of the molecule is NC(C=O)c1cccc(I)c1. The minimum Gasteiger partial charge on any atom is -0.318 e. The third kappa shape index (κ3) is 2.27. The van der Waals surface area contributed by atoms with Crippen LogP contribution >= 0.6 is 22.6 Å². The van der Waals surface area contributed by atoms with Crippen molar-refractivity contribution < 1.29 is 4.79 Å². The number of hydrogen-bond acceptors (Lipinski definition) is 2. The summed E-state index contributed by atoms with van der Waals surface area (Å²) < 4.78 is 1.09. The molecule has 1 aromatic rings. The molecule has 1 unspecified atom stereocenters. The highest BCUT2D eigenvalue weighted by atomic mass is 127. The Bertz CT molecular complexity index is 262. The minimum atomic E-state index is -0.482. The molecule has 1 atom stereocenters. The summed E-state index contributed by atoms with van der Waals surface area (Å²) in [4.78, 5) is 10.3. The molecule has 3 heteroatoms. The maximum Gasteiger partial charge on any atom is 0.141 e. The standard InChI is InChI=1S/C8H8INO/c9-7-3-1-2-6(4-7)8(10)5-11/h1-5,8H,10H2. The van der Waals surface area contributed by atoms with Crippen LogP contribution in [0.4, 0.5) is 0 Å². The fourth-order valence-corrected chi connectivity index (χ4v) is 1.36. The lowest BCUT2D eigenvalue weighted by Crippen LogP contribution is -2.10. The second-order valence-corrected chi connectivity index (χ2v) is 3.46. The van der Waals surface area contributed by atoms with Gasteiger partial charge in [-0.05, 0) is 40.3 Å². The Balaban J connectivity index is 2.95. The van der Waals surface area contributed by atoms with Gasteiger partial charge in [-0.2, -0.15) is 0 Å². The van der Waals surface area contributed by atoms with Crippen molar-refractivity contribution in [1.82, 2.24) is 0 Å². The number of halogens is 1. The summed E-state index contributed by atoms with van der Waals surface area (Å²) >= 11 is 2.18. The van der Waals surface area contributed by atoms with E-state index in [2.05, 4.69) is 22.6 Å². The van der Waals surface area contributed by atoms with Crippen LogP contribution in [-0.2, 0) is 4.79 Å². The van der Waals surface area contributed by atoms with Gasteiger partial charge in [-0.25, -0.2) is 0 Å². The number of carbonyl (C=O) groups excluding carboxylic acids is 1. The van der Waals surface area contributed by atoms with Crippen molar-refractivity contribution in [2.24, 2.45) is 5.73 Å². The van der Waals surface area contributed by atoms with Crippen LogP contribution in [-0.4, -0.2) is 6.29 Å². The van der Waals surface area contributed by atoms with E-state index in [0.29, 0.717) is 0 Å². The van der Waals surface area contributed by atoms with E-state index in [1.807, 2.05) is 24.3 Å². The zero-order valence-electron chi connectivity index (χ0n) is 5.83. The largest absolute Gasteiger partial charge is 0.318 e. The molecule has 0 aromatic heterocycles.